The van der Waals surface area contributed by atoms with Gasteiger partial charge in [-0.3, -0.25) is 14.7 Å². The van der Waals surface area contributed by atoms with E-state index >= 15 is 0 Å². The second kappa shape index (κ2) is 11.3. The summed E-state index contributed by atoms with van der Waals surface area (Å²) in [6, 6.07) is 16.6. The molecule has 37 heavy (non-hydrogen) atoms. The number of methoxy groups -OCH3 is 1. The lowest BCUT2D eigenvalue weighted by molar-refractivity contribution is 0.0729. The maximum Gasteiger partial charge on any atom is 0.321 e. The highest BCUT2D eigenvalue weighted by Gasteiger charge is 2.24. The molecule has 1 aromatic heterocycles. The van der Waals surface area contributed by atoms with Crippen molar-refractivity contribution in [1.29, 1.82) is 0 Å². The number of amides is 3. The highest BCUT2D eigenvalue weighted by molar-refractivity contribution is 5.98. The van der Waals surface area contributed by atoms with Crippen LogP contribution < -0.4 is 19.7 Å². The second-order valence-electron chi connectivity index (χ2n) is 9.05. The molecule has 192 valence electrons. The molecule has 0 saturated carbocycles. The Balaban J connectivity index is 1.39. The fraction of sp³-hybridized carbons (Fsp3) is 0.321. The van der Waals surface area contributed by atoms with Gasteiger partial charge in [-0.2, -0.15) is 0 Å². The fourth-order valence-electron chi connectivity index (χ4n) is 4.53. The summed E-state index contributed by atoms with van der Waals surface area (Å²) < 4.78 is 17.1. The molecule has 1 atom stereocenters. The number of nitrogens with one attached hydrogen (secondary N) is 1. The van der Waals surface area contributed by atoms with Crippen molar-refractivity contribution < 1.29 is 23.8 Å². The average Bonchev–Trinajstić information content (AvgIpc) is 3.61. The smallest absolute Gasteiger partial charge is 0.321 e. The Morgan fingerprint density at radius 1 is 1.14 bits per heavy atom. The lowest BCUT2D eigenvalue weighted by Gasteiger charge is -2.24. The number of hydrogen-bond donors (Lipinski definition) is 1. The first-order valence-corrected chi connectivity index (χ1v) is 12.4. The molecule has 3 amide bonds. The van der Waals surface area contributed by atoms with Crippen LogP contribution in [0.15, 0.2) is 67.0 Å². The van der Waals surface area contributed by atoms with E-state index in [0.717, 1.165) is 17.5 Å². The van der Waals surface area contributed by atoms with Gasteiger partial charge in [-0.15, -0.1) is 0 Å². The molecule has 2 saturated heterocycles. The number of nitrogens with zero attached hydrogens (tertiary/aromatic N) is 3. The molecule has 3 aromatic rings. The number of ether oxygens (including phenoxy) is 3. The van der Waals surface area contributed by atoms with Crippen LogP contribution in [0.2, 0.25) is 0 Å². The standard InChI is InChI=1S/C28H30N4O5/c1-35-26-14-20(7-8-25(26)37-24-9-13-36-19-24)17-31(18-21-4-3-10-29-16-21)27(33)22-5-2-6-23(15-22)32-12-11-30-28(32)34/h2-8,10,14-16,24H,9,11-13,17-19H2,1H3,(H,30,34). The van der Waals surface area contributed by atoms with Gasteiger partial charge in [0, 0.05) is 56.2 Å². The number of rotatable bonds is 9. The van der Waals surface area contributed by atoms with Gasteiger partial charge in [0.25, 0.3) is 5.91 Å². The zero-order valence-electron chi connectivity index (χ0n) is 20.8. The van der Waals surface area contributed by atoms with Gasteiger partial charge in [-0.05, 0) is 47.5 Å². The predicted octanol–water partition coefficient (Wildman–Crippen LogP) is 3.63. The minimum Gasteiger partial charge on any atom is -0.493 e. The van der Waals surface area contributed by atoms with E-state index in [1.165, 1.54) is 0 Å². The van der Waals surface area contributed by atoms with Crippen molar-refractivity contribution in [3.05, 3.63) is 83.7 Å². The van der Waals surface area contributed by atoms with Gasteiger partial charge in [0.1, 0.15) is 6.10 Å². The number of carbonyl (C=O) groups is 2. The molecule has 2 aromatic carbocycles. The highest BCUT2D eigenvalue weighted by atomic mass is 16.6. The molecule has 9 heteroatoms. The van der Waals surface area contributed by atoms with Crippen LogP contribution in [0, 0.1) is 0 Å². The van der Waals surface area contributed by atoms with E-state index in [1.807, 2.05) is 36.4 Å². The highest BCUT2D eigenvalue weighted by Crippen LogP contribution is 2.31. The van der Waals surface area contributed by atoms with Crippen molar-refractivity contribution in [3.8, 4) is 11.5 Å². The Hall–Kier alpha value is -4.11. The fourth-order valence-corrected chi connectivity index (χ4v) is 4.53. The molecule has 5 rings (SSSR count). The summed E-state index contributed by atoms with van der Waals surface area (Å²) in [5.74, 6) is 1.12. The molecule has 0 aliphatic carbocycles. The molecule has 0 bridgehead atoms. The average molecular weight is 503 g/mol. The van der Waals surface area contributed by atoms with Crippen LogP contribution in [0.3, 0.4) is 0 Å². The number of anilines is 1. The summed E-state index contributed by atoms with van der Waals surface area (Å²) in [6.45, 7) is 3.14. The number of aromatic nitrogens is 1. The van der Waals surface area contributed by atoms with Crippen LogP contribution in [0.4, 0.5) is 10.5 Å². The molecule has 2 aliphatic rings. The lowest BCUT2D eigenvalue weighted by atomic mass is 10.1. The van der Waals surface area contributed by atoms with E-state index < -0.39 is 0 Å². The number of carbonyl (C=O) groups excluding carboxylic acids is 2. The summed E-state index contributed by atoms with van der Waals surface area (Å²) in [4.78, 5) is 33.5. The first kappa shape index (κ1) is 24.6. The van der Waals surface area contributed by atoms with Gasteiger partial charge in [0.15, 0.2) is 11.5 Å². The number of urea groups is 1. The molecule has 2 aliphatic heterocycles. The van der Waals surface area contributed by atoms with Gasteiger partial charge in [0.05, 0.1) is 20.3 Å². The van der Waals surface area contributed by atoms with Crippen molar-refractivity contribution in [2.75, 3.05) is 38.3 Å². The first-order chi connectivity index (χ1) is 18.1. The topological polar surface area (TPSA) is 93.2 Å². The van der Waals surface area contributed by atoms with E-state index in [9.17, 15) is 9.59 Å². The van der Waals surface area contributed by atoms with Gasteiger partial charge in [-0.1, -0.05) is 18.2 Å². The summed E-state index contributed by atoms with van der Waals surface area (Å²) >= 11 is 0. The van der Waals surface area contributed by atoms with Crippen LogP contribution in [0.1, 0.15) is 27.9 Å². The SMILES string of the molecule is COc1cc(CN(Cc2cccnc2)C(=O)c2cccc(N3CCNC3=O)c2)ccc1OC1CCOC1. The van der Waals surface area contributed by atoms with Crippen molar-refractivity contribution >= 4 is 17.6 Å². The third-order valence-corrected chi connectivity index (χ3v) is 6.43. The van der Waals surface area contributed by atoms with Gasteiger partial charge >= 0.3 is 6.03 Å². The number of benzene rings is 2. The summed E-state index contributed by atoms with van der Waals surface area (Å²) in [5.41, 5.74) is 3.02. The van der Waals surface area contributed by atoms with Crippen LogP contribution in [-0.2, 0) is 17.8 Å². The van der Waals surface area contributed by atoms with Crippen LogP contribution in [0.25, 0.3) is 0 Å². The molecule has 2 fully saturated rings. The summed E-state index contributed by atoms with van der Waals surface area (Å²) in [6.07, 6.45) is 4.32. The molecule has 0 radical (unpaired) electrons. The van der Waals surface area contributed by atoms with E-state index in [-0.39, 0.29) is 18.0 Å². The molecular formula is C28H30N4O5. The first-order valence-electron chi connectivity index (χ1n) is 12.4. The number of hydrogen-bond acceptors (Lipinski definition) is 6. The van der Waals surface area contributed by atoms with Crippen molar-refractivity contribution in [1.82, 2.24) is 15.2 Å². The number of pyridine rings is 1. The molecule has 1 N–H and O–H groups in total. The molecular weight excluding hydrogens is 472 g/mol. The maximum absolute atomic E-state index is 13.8. The Morgan fingerprint density at radius 3 is 2.76 bits per heavy atom. The van der Waals surface area contributed by atoms with Crippen LogP contribution in [0.5, 0.6) is 11.5 Å². The minimum atomic E-state index is -0.157. The Bertz CT molecular complexity index is 1250. The third kappa shape index (κ3) is 5.83. The van der Waals surface area contributed by atoms with Crippen LogP contribution >= 0.6 is 0 Å². The molecule has 9 nitrogen and oxygen atoms in total. The Morgan fingerprint density at radius 2 is 2.03 bits per heavy atom. The van der Waals surface area contributed by atoms with E-state index in [0.29, 0.717) is 62.1 Å². The van der Waals surface area contributed by atoms with Gasteiger partial charge in [0.2, 0.25) is 0 Å². The van der Waals surface area contributed by atoms with Gasteiger partial charge < -0.3 is 24.4 Å². The van der Waals surface area contributed by atoms with Gasteiger partial charge in [-0.25, -0.2) is 4.79 Å². The molecule has 1 unspecified atom stereocenters. The second-order valence-corrected chi connectivity index (χ2v) is 9.05. The Labute approximate surface area is 216 Å². The third-order valence-electron chi connectivity index (χ3n) is 6.43. The quantitative estimate of drug-likeness (QED) is 0.480. The zero-order chi connectivity index (χ0) is 25.6. The Kier molecular flexibility index (Phi) is 7.51. The zero-order valence-corrected chi connectivity index (χ0v) is 20.8. The lowest BCUT2D eigenvalue weighted by Crippen LogP contribution is -2.31. The summed E-state index contributed by atoms with van der Waals surface area (Å²) in [7, 11) is 1.61. The van der Waals surface area contributed by atoms with Crippen LogP contribution in [-0.4, -0.2) is 61.3 Å². The molecule has 0 spiro atoms. The monoisotopic (exact) mass is 502 g/mol. The van der Waals surface area contributed by atoms with E-state index in [1.54, 1.807) is 47.5 Å². The molecule has 3 heterocycles. The van der Waals surface area contributed by atoms with E-state index in [2.05, 4.69) is 10.3 Å². The van der Waals surface area contributed by atoms with Crippen molar-refractivity contribution in [2.24, 2.45) is 0 Å². The minimum absolute atomic E-state index is 0.00775. The predicted molar refractivity (Wildman–Crippen MR) is 138 cm³/mol. The maximum atomic E-state index is 13.8. The largest absolute Gasteiger partial charge is 0.493 e. The van der Waals surface area contributed by atoms with E-state index in [4.69, 9.17) is 14.2 Å². The summed E-state index contributed by atoms with van der Waals surface area (Å²) in [5, 5.41) is 2.80. The van der Waals surface area contributed by atoms with Crippen molar-refractivity contribution in [3.63, 3.8) is 0 Å². The normalized spacial score (nSPS) is 16.9. The van der Waals surface area contributed by atoms with Crippen molar-refractivity contribution in [2.45, 2.75) is 25.6 Å².